The Morgan fingerprint density at radius 1 is 1.09 bits per heavy atom. The summed E-state index contributed by atoms with van der Waals surface area (Å²) in [5.74, 6) is -0.0905. The van der Waals surface area contributed by atoms with E-state index in [1.807, 2.05) is 0 Å². The van der Waals surface area contributed by atoms with Crippen LogP contribution >= 0.6 is 0 Å². The first-order valence-electron chi connectivity index (χ1n) is 7.07. The third-order valence-corrected chi connectivity index (χ3v) is 4.10. The number of halogens is 6. The van der Waals surface area contributed by atoms with Crippen molar-refractivity contribution in [2.75, 3.05) is 0 Å². The SMILES string of the molecule is CCC(NC(=O)O[C@@H]1CCCC[C@@H]1C)(C(F)(F)F)C(F)(F)F. The molecule has 0 spiro atoms. The van der Waals surface area contributed by atoms with Crippen molar-refractivity contribution in [3.63, 3.8) is 0 Å². The van der Waals surface area contributed by atoms with Gasteiger partial charge in [0.2, 0.25) is 5.54 Å². The molecule has 9 heteroatoms. The molecule has 22 heavy (non-hydrogen) atoms. The van der Waals surface area contributed by atoms with Crippen molar-refractivity contribution in [1.82, 2.24) is 5.32 Å². The van der Waals surface area contributed by atoms with Crippen LogP contribution in [0, 0.1) is 5.92 Å². The van der Waals surface area contributed by atoms with Gasteiger partial charge in [-0.1, -0.05) is 20.3 Å². The number of alkyl halides is 6. The topological polar surface area (TPSA) is 38.3 Å². The summed E-state index contributed by atoms with van der Waals surface area (Å²) in [5, 5.41) is 1.02. The molecule has 0 radical (unpaired) electrons. The molecule has 1 fully saturated rings. The minimum Gasteiger partial charge on any atom is -0.446 e. The smallest absolute Gasteiger partial charge is 0.420 e. The summed E-state index contributed by atoms with van der Waals surface area (Å²) in [7, 11) is 0. The standard InChI is InChI=1S/C13H19F6NO2/c1-3-11(12(14,15)16,13(17,18)19)20-10(21)22-9-7-5-4-6-8(9)2/h8-9H,3-7H2,1-2H3,(H,20,21)/t8-,9+/m0/s1. The van der Waals surface area contributed by atoms with E-state index in [9.17, 15) is 31.1 Å². The van der Waals surface area contributed by atoms with Crippen LogP contribution in [0.3, 0.4) is 0 Å². The van der Waals surface area contributed by atoms with Crippen LogP contribution in [0.4, 0.5) is 31.1 Å². The summed E-state index contributed by atoms with van der Waals surface area (Å²) in [5.41, 5.74) is -4.30. The fourth-order valence-electron chi connectivity index (χ4n) is 2.59. The van der Waals surface area contributed by atoms with Crippen LogP contribution in [0.25, 0.3) is 0 Å². The maximum absolute atomic E-state index is 12.9. The number of amides is 1. The summed E-state index contributed by atoms with van der Waals surface area (Å²) < 4.78 is 82.2. The van der Waals surface area contributed by atoms with E-state index in [0.29, 0.717) is 13.3 Å². The fourth-order valence-corrected chi connectivity index (χ4v) is 2.59. The van der Waals surface area contributed by atoms with Gasteiger partial charge in [0.15, 0.2) is 0 Å². The zero-order chi connectivity index (χ0) is 17.2. The lowest BCUT2D eigenvalue weighted by molar-refractivity contribution is -0.305. The Morgan fingerprint density at radius 2 is 1.59 bits per heavy atom. The van der Waals surface area contributed by atoms with E-state index >= 15 is 0 Å². The number of rotatable bonds is 3. The summed E-state index contributed by atoms with van der Waals surface area (Å²) in [6.45, 7) is 2.46. The van der Waals surface area contributed by atoms with Crippen molar-refractivity contribution in [1.29, 1.82) is 0 Å². The van der Waals surface area contributed by atoms with Gasteiger partial charge in [-0.2, -0.15) is 26.3 Å². The van der Waals surface area contributed by atoms with Crippen molar-refractivity contribution in [2.45, 2.75) is 69.9 Å². The van der Waals surface area contributed by atoms with Crippen molar-refractivity contribution in [3.8, 4) is 0 Å². The first kappa shape index (κ1) is 18.9. The molecule has 1 aliphatic carbocycles. The molecule has 130 valence electrons. The van der Waals surface area contributed by atoms with Gasteiger partial charge in [-0.05, 0) is 31.6 Å². The Hall–Kier alpha value is -1.15. The van der Waals surface area contributed by atoms with Gasteiger partial charge in [0.1, 0.15) is 6.10 Å². The van der Waals surface area contributed by atoms with Crippen LogP contribution in [0.5, 0.6) is 0 Å². The molecule has 1 aliphatic rings. The Bertz CT molecular complexity index is 379. The predicted octanol–water partition coefficient (Wildman–Crippen LogP) is 4.56. The van der Waals surface area contributed by atoms with Crippen LogP contribution in [0.15, 0.2) is 0 Å². The van der Waals surface area contributed by atoms with Crippen LogP contribution in [-0.4, -0.2) is 30.1 Å². The third kappa shape index (κ3) is 3.78. The summed E-state index contributed by atoms with van der Waals surface area (Å²) in [4.78, 5) is 11.6. The molecule has 1 rings (SSSR count). The number of carbonyl (C=O) groups is 1. The van der Waals surface area contributed by atoms with Crippen molar-refractivity contribution < 1.29 is 35.9 Å². The average Bonchev–Trinajstić information content (AvgIpc) is 2.35. The van der Waals surface area contributed by atoms with Gasteiger partial charge in [-0.3, -0.25) is 5.32 Å². The number of hydrogen-bond donors (Lipinski definition) is 1. The normalized spacial score (nSPS) is 24.0. The molecule has 1 amide bonds. The van der Waals surface area contributed by atoms with Crippen LogP contribution < -0.4 is 5.32 Å². The maximum atomic E-state index is 12.9. The Morgan fingerprint density at radius 3 is 2.00 bits per heavy atom. The van der Waals surface area contributed by atoms with Gasteiger partial charge in [0.05, 0.1) is 0 Å². The van der Waals surface area contributed by atoms with Crippen molar-refractivity contribution >= 4 is 6.09 Å². The molecule has 1 N–H and O–H groups in total. The van der Waals surface area contributed by atoms with Crippen molar-refractivity contribution in [2.24, 2.45) is 5.92 Å². The summed E-state index contributed by atoms with van der Waals surface area (Å²) in [6.07, 6.45) is -12.3. The number of hydrogen-bond acceptors (Lipinski definition) is 2. The predicted molar refractivity (Wildman–Crippen MR) is 66.2 cm³/mol. The quantitative estimate of drug-likeness (QED) is 0.768. The van der Waals surface area contributed by atoms with E-state index in [1.54, 1.807) is 6.92 Å². The highest BCUT2D eigenvalue weighted by atomic mass is 19.4. The van der Waals surface area contributed by atoms with E-state index in [2.05, 4.69) is 0 Å². The van der Waals surface area contributed by atoms with Gasteiger partial charge in [-0.25, -0.2) is 4.79 Å². The highest BCUT2D eigenvalue weighted by Crippen LogP contribution is 2.45. The van der Waals surface area contributed by atoms with Crippen molar-refractivity contribution in [3.05, 3.63) is 0 Å². The highest BCUT2D eigenvalue weighted by Gasteiger charge is 2.71. The minimum atomic E-state index is -5.67. The molecule has 0 aromatic carbocycles. The number of ether oxygens (including phenoxy) is 1. The fraction of sp³-hybridized carbons (Fsp3) is 0.923. The highest BCUT2D eigenvalue weighted by molar-refractivity contribution is 5.69. The summed E-state index contributed by atoms with van der Waals surface area (Å²) in [6, 6.07) is 0. The minimum absolute atomic E-state index is 0.0905. The zero-order valence-electron chi connectivity index (χ0n) is 12.3. The second-order valence-electron chi connectivity index (χ2n) is 5.58. The zero-order valence-corrected chi connectivity index (χ0v) is 12.3. The number of carbonyl (C=O) groups excluding carboxylic acids is 1. The van der Waals surface area contributed by atoms with Gasteiger partial charge in [-0.15, -0.1) is 0 Å². The number of alkyl carbamates (subject to hydrolysis) is 1. The molecule has 2 atom stereocenters. The monoisotopic (exact) mass is 335 g/mol. The molecular weight excluding hydrogens is 316 g/mol. The first-order chi connectivity index (χ1) is 9.94. The molecule has 0 aliphatic heterocycles. The Labute approximate surface area is 124 Å². The maximum Gasteiger partial charge on any atom is 0.420 e. The molecule has 1 saturated carbocycles. The van der Waals surface area contributed by atoms with E-state index in [0.717, 1.165) is 24.6 Å². The van der Waals surface area contributed by atoms with Gasteiger partial charge in [0, 0.05) is 0 Å². The van der Waals surface area contributed by atoms with Crippen LogP contribution in [0.1, 0.15) is 46.0 Å². The lowest BCUT2D eigenvalue weighted by Gasteiger charge is -2.37. The van der Waals surface area contributed by atoms with E-state index < -0.39 is 36.5 Å². The Kier molecular flexibility index (Phi) is 5.61. The van der Waals surface area contributed by atoms with E-state index in [-0.39, 0.29) is 5.92 Å². The Balaban J connectivity index is 2.88. The molecule has 0 unspecified atom stereocenters. The molecule has 0 aromatic heterocycles. The van der Waals surface area contributed by atoms with E-state index in [1.165, 1.54) is 0 Å². The molecule has 0 heterocycles. The second kappa shape index (κ2) is 6.54. The third-order valence-electron chi connectivity index (χ3n) is 4.10. The van der Waals surface area contributed by atoms with E-state index in [4.69, 9.17) is 4.74 Å². The molecule has 0 aromatic rings. The van der Waals surface area contributed by atoms with Gasteiger partial charge in [0.25, 0.3) is 0 Å². The van der Waals surface area contributed by atoms with Gasteiger partial charge < -0.3 is 4.74 Å². The van der Waals surface area contributed by atoms with Crippen LogP contribution in [-0.2, 0) is 4.74 Å². The average molecular weight is 335 g/mol. The van der Waals surface area contributed by atoms with Gasteiger partial charge >= 0.3 is 18.4 Å². The molecule has 3 nitrogen and oxygen atoms in total. The largest absolute Gasteiger partial charge is 0.446 e. The lowest BCUT2D eigenvalue weighted by Crippen LogP contribution is -2.67. The lowest BCUT2D eigenvalue weighted by atomic mass is 9.88. The molecular formula is C13H19F6NO2. The second-order valence-corrected chi connectivity index (χ2v) is 5.58. The first-order valence-corrected chi connectivity index (χ1v) is 7.07. The molecule has 0 bridgehead atoms. The molecule has 0 saturated heterocycles. The summed E-state index contributed by atoms with van der Waals surface area (Å²) >= 11 is 0. The number of nitrogens with one attached hydrogen (secondary N) is 1. The van der Waals surface area contributed by atoms with Crippen LogP contribution in [0.2, 0.25) is 0 Å².